The Morgan fingerprint density at radius 1 is 1.26 bits per heavy atom. The number of oxazole rings is 1. The van der Waals surface area contributed by atoms with Gasteiger partial charge in [0.2, 0.25) is 0 Å². The van der Waals surface area contributed by atoms with Crippen molar-refractivity contribution < 1.29 is 8.81 Å². The van der Waals surface area contributed by atoms with Crippen LogP contribution >= 0.6 is 0 Å². The van der Waals surface area contributed by atoms with Crippen molar-refractivity contribution in [2.24, 2.45) is 0 Å². The van der Waals surface area contributed by atoms with E-state index in [1.807, 2.05) is 4.90 Å². The van der Waals surface area contributed by atoms with Gasteiger partial charge in [-0.05, 0) is 12.1 Å². The summed E-state index contributed by atoms with van der Waals surface area (Å²) in [5, 5.41) is 3.22. The lowest BCUT2D eigenvalue weighted by Gasteiger charge is -2.29. The molecular weight excluding hydrogens is 249 g/mol. The van der Waals surface area contributed by atoms with Crippen LogP contribution in [0.25, 0.3) is 5.69 Å². The Morgan fingerprint density at radius 2 is 2.05 bits per heavy atom. The van der Waals surface area contributed by atoms with Crippen LogP contribution in [0.2, 0.25) is 0 Å². The van der Waals surface area contributed by atoms with Crippen LogP contribution in [0.5, 0.6) is 0 Å². The van der Waals surface area contributed by atoms with Crippen LogP contribution in [0.1, 0.15) is 0 Å². The monoisotopic (exact) mass is 263 g/mol. The Morgan fingerprint density at radius 3 is 2.68 bits per heavy atom. The van der Waals surface area contributed by atoms with Crippen LogP contribution in [0, 0.1) is 5.82 Å². The highest BCUT2D eigenvalue weighted by atomic mass is 19.1. The Kier molecular flexibility index (Phi) is 3.08. The number of benzene rings is 1. The van der Waals surface area contributed by atoms with Gasteiger partial charge in [0.15, 0.2) is 0 Å². The lowest BCUT2D eigenvalue weighted by molar-refractivity contribution is 0.503. The zero-order valence-electron chi connectivity index (χ0n) is 10.3. The van der Waals surface area contributed by atoms with Crippen LogP contribution < -0.4 is 16.0 Å². The van der Waals surface area contributed by atoms with Crippen LogP contribution in [-0.2, 0) is 0 Å². The van der Waals surface area contributed by atoms with Crippen molar-refractivity contribution in [3.05, 3.63) is 47.0 Å². The number of hydrogen-bond acceptors (Lipinski definition) is 4. The standard InChI is InChI=1S/C13H14FN3O2/c14-11-9-10(17-7-8-19-13(17)18)1-2-12(11)16-5-3-15-4-6-16/h1-2,7-9,15H,3-6H2. The lowest BCUT2D eigenvalue weighted by atomic mass is 10.2. The van der Waals surface area contributed by atoms with E-state index < -0.39 is 5.76 Å². The van der Waals surface area contributed by atoms with E-state index in [1.165, 1.54) is 23.1 Å². The predicted molar refractivity (Wildman–Crippen MR) is 69.3 cm³/mol. The molecule has 100 valence electrons. The molecular formula is C13H14FN3O2. The average Bonchev–Trinajstić information content (AvgIpc) is 2.86. The number of nitrogens with zero attached hydrogens (tertiary/aromatic N) is 2. The number of halogens is 1. The number of rotatable bonds is 2. The van der Waals surface area contributed by atoms with E-state index >= 15 is 0 Å². The van der Waals surface area contributed by atoms with E-state index in [9.17, 15) is 9.18 Å². The van der Waals surface area contributed by atoms with E-state index in [4.69, 9.17) is 0 Å². The molecule has 1 aromatic heterocycles. The van der Waals surface area contributed by atoms with Crippen molar-refractivity contribution in [1.29, 1.82) is 0 Å². The van der Waals surface area contributed by atoms with Gasteiger partial charge >= 0.3 is 5.76 Å². The molecule has 0 spiro atoms. The Labute approximate surface area is 109 Å². The van der Waals surface area contributed by atoms with E-state index in [1.54, 1.807) is 12.1 Å². The first-order valence-electron chi connectivity index (χ1n) is 6.17. The topological polar surface area (TPSA) is 50.4 Å². The molecule has 0 bridgehead atoms. The molecule has 1 aliphatic rings. The van der Waals surface area contributed by atoms with Crippen molar-refractivity contribution in [1.82, 2.24) is 9.88 Å². The van der Waals surface area contributed by atoms with E-state index in [2.05, 4.69) is 9.73 Å². The fourth-order valence-electron chi connectivity index (χ4n) is 2.27. The van der Waals surface area contributed by atoms with E-state index in [-0.39, 0.29) is 5.82 Å². The summed E-state index contributed by atoms with van der Waals surface area (Å²) in [6, 6.07) is 4.78. The van der Waals surface area contributed by atoms with Crippen molar-refractivity contribution in [3.8, 4) is 5.69 Å². The Bertz CT molecular complexity index is 629. The molecule has 0 atom stereocenters. The molecule has 1 aliphatic heterocycles. The summed E-state index contributed by atoms with van der Waals surface area (Å²) in [5.74, 6) is -0.846. The molecule has 6 heteroatoms. The highest BCUT2D eigenvalue weighted by molar-refractivity contribution is 5.52. The summed E-state index contributed by atoms with van der Waals surface area (Å²) in [7, 11) is 0. The fourth-order valence-corrected chi connectivity index (χ4v) is 2.27. The third-order valence-electron chi connectivity index (χ3n) is 3.24. The Hall–Kier alpha value is -2.08. The number of aromatic nitrogens is 1. The minimum Gasteiger partial charge on any atom is -0.416 e. The third kappa shape index (κ3) is 2.26. The highest BCUT2D eigenvalue weighted by Gasteiger charge is 2.15. The molecule has 1 fully saturated rings. The van der Waals surface area contributed by atoms with Crippen molar-refractivity contribution in [2.75, 3.05) is 31.1 Å². The lowest BCUT2D eigenvalue weighted by Crippen LogP contribution is -2.43. The maximum atomic E-state index is 14.2. The van der Waals surface area contributed by atoms with Gasteiger partial charge in [0, 0.05) is 32.2 Å². The quantitative estimate of drug-likeness (QED) is 0.877. The smallest absolute Gasteiger partial charge is 0.416 e. The van der Waals surface area contributed by atoms with Crippen LogP contribution in [0.15, 0.2) is 39.9 Å². The van der Waals surface area contributed by atoms with Gasteiger partial charge in [-0.2, -0.15) is 0 Å². The largest absolute Gasteiger partial charge is 0.423 e. The molecule has 2 heterocycles. The number of nitrogens with one attached hydrogen (secondary N) is 1. The molecule has 5 nitrogen and oxygen atoms in total. The first kappa shape index (κ1) is 12.0. The Balaban J connectivity index is 1.93. The first-order valence-corrected chi connectivity index (χ1v) is 6.17. The van der Waals surface area contributed by atoms with E-state index in [0.29, 0.717) is 11.4 Å². The summed E-state index contributed by atoms with van der Waals surface area (Å²) < 4.78 is 20.1. The molecule has 0 saturated carbocycles. The third-order valence-corrected chi connectivity index (χ3v) is 3.24. The summed E-state index contributed by atoms with van der Waals surface area (Å²) in [4.78, 5) is 13.4. The zero-order chi connectivity index (χ0) is 13.2. The summed E-state index contributed by atoms with van der Waals surface area (Å²) in [5.41, 5.74) is 1.04. The molecule has 0 unspecified atom stereocenters. The van der Waals surface area contributed by atoms with E-state index in [0.717, 1.165) is 26.2 Å². The molecule has 19 heavy (non-hydrogen) atoms. The number of piperazine rings is 1. The maximum absolute atomic E-state index is 14.2. The van der Waals surface area contributed by atoms with Crippen molar-refractivity contribution >= 4 is 5.69 Å². The van der Waals surface area contributed by atoms with Crippen LogP contribution in [-0.4, -0.2) is 30.7 Å². The SMILES string of the molecule is O=c1occn1-c1ccc(N2CCNCC2)c(F)c1. The van der Waals surface area contributed by atoms with Gasteiger partial charge in [0.25, 0.3) is 0 Å². The number of hydrogen-bond donors (Lipinski definition) is 1. The van der Waals surface area contributed by atoms with Gasteiger partial charge in [-0.1, -0.05) is 0 Å². The zero-order valence-corrected chi connectivity index (χ0v) is 10.3. The number of anilines is 1. The molecule has 0 radical (unpaired) electrons. The second-order valence-electron chi connectivity index (χ2n) is 4.41. The van der Waals surface area contributed by atoms with Crippen LogP contribution in [0.4, 0.5) is 10.1 Å². The molecule has 0 amide bonds. The van der Waals surface area contributed by atoms with Crippen molar-refractivity contribution in [3.63, 3.8) is 0 Å². The van der Waals surface area contributed by atoms with Gasteiger partial charge in [-0.25, -0.2) is 13.8 Å². The second-order valence-corrected chi connectivity index (χ2v) is 4.41. The molecule has 3 rings (SSSR count). The second kappa shape index (κ2) is 4.89. The minimum absolute atomic E-state index is 0.326. The maximum Gasteiger partial charge on any atom is 0.423 e. The highest BCUT2D eigenvalue weighted by Crippen LogP contribution is 2.22. The van der Waals surface area contributed by atoms with Gasteiger partial charge < -0.3 is 14.6 Å². The molecule has 1 aromatic carbocycles. The summed E-state index contributed by atoms with van der Waals surface area (Å²) >= 11 is 0. The molecule has 1 saturated heterocycles. The van der Waals surface area contributed by atoms with Gasteiger partial charge in [-0.15, -0.1) is 0 Å². The van der Waals surface area contributed by atoms with Crippen LogP contribution in [0.3, 0.4) is 0 Å². The van der Waals surface area contributed by atoms with Gasteiger partial charge in [0.1, 0.15) is 12.1 Å². The molecule has 0 aliphatic carbocycles. The fraction of sp³-hybridized carbons (Fsp3) is 0.308. The molecule has 1 N–H and O–H groups in total. The van der Waals surface area contributed by atoms with Gasteiger partial charge in [0.05, 0.1) is 17.6 Å². The van der Waals surface area contributed by atoms with Gasteiger partial charge in [-0.3, -0.25) is 0 Å². The predicted octanol–water partition coefficient (Wildman–Crippen LogP) is 0.979. The first-order chi connectivity index (χ1) is 9.25. The minimum atomic E-state index is -0.519. The molecule has 2 aromatic rings. The average molecular weight is 263 g/mol. The summed E-state index contributed by atoms with van der Waals surface area (Å²) in [6.45, 7) is 3.26. The normalized spacial score (nSPS) is 15.7. The van der Waals surface area contributed by atoms with Crippen molar-refractivity contribution in [2.45, 2.75) is 0 Å². The summed E-state index contributed by atoms with van der Waals surface area (Å²) in [6.07, 6.45) is 2.76.